The zero-order valence-electron chi connectivity index (χ0n) is 11.4. The van der Waals surface area contributed by atoms with Gasteiger partial charge in [-0.25, -0.2) is 0 Å². The van der Waals surface area contributed by atoms with Gasteiger partial charge in [-0.1, -0.05) is 13.8 Å². The molecule has 18 heavy (non-hydrogen) atoms. The smallest absolute Gasteiger partial charge is 0.191 e. The lowest BCUT2D eigenvalue weighted by atomic mass is 9.83. The third-order valence-electron chi connectivity index (χ3n) is 3.75. The van der Waals surface area contributed by atoms with E-state index in [1.807, 2.05) is 11.8 Å². The standard InChI is InChI=1S/C12H25N3OS.HI/c1-3-12(4-2,10-16)9-14-11(13)15-5-7-17-8-6-15;/h16H,3-10H2,1-2H3,(H2,13,14);1H. The minimum absolute atomic E-state index is 0. The molecule has 0 aromatic heterocycles. The topological polar surface area (TPSA) is 61.9 Å². The second kappa shape index (κ2) is 9.25. The van der Waals surface area contributed by atoms with Crippen molar-refractivity contribution in [3.63, 3.8) is 0 Å². The fourth-order valence-electron chi connectivity index (χ4n) is 1.89. The molecule has 0 saturated carbocycles. The Bertz CT molecular complexity index is 245. The maximum Gasteiger partial charge on any atom is 0.191 e. The van der Waals surface area contributed by atoms with Crippen LogP contribution in [0.1, 0.15) is 26.7 Å². The second-order valence-corrected chi connectivity index (χ2v) is 5.86. The van der Waals surface area contributed by atoms with E-state index in [2.05, 4.69) is 23.7 Å². The Morgan fingerprint density at radius 2 is 1.89 bits per heavy atom. The molecule has 0 amide bonds. The van der Waals surface area contributed by atoms with Gasteiger partial charge in [-0.2, -0.15) is 11.8 Å². The Morgan fingerprint density at radius 3 is 2.33 bits per heavy atom. The van der Waals surface area contributed by atoms with Crippen LogP contribution in [0, 0.1) is 5.41 Å². The predicted octanol–water partition coefficient (Wildman–Crippen LogP) is 1.77. The highest BCUT2D eigenvalue weighted by Crippen LogP contribution is 2.25. The molecule has 0 aliphatic carbocycles. The Labute approximate surface area is 132 Å². The number of guanidine groups is 1. The van der Waals surface area contributed by atoms with Crippen molar-refractivity contribution in [2.24, 2.45) is 16.1 Å². The number of halogens is 1. The van der Waals surface area contributed by atoms with Gasteiger partial charge in [0.2, 0.25) is 0 Å². The van der Waals surface area contributed by atoms with Gasteiger partial charge in [0.05, 0.1) is 13.2 Å². The number of thioether (sulfide) groups is 1. The van der Waals surface area contributed by atoms with Crippen molar-refractivity contribution in [1.82, 2.24) is 4.90 Å². The van der Waals surface area contributed by atoms with E-state index in [0.717, 1.165) is 37.4 Å². The molecule has 0 bridgehead atoms. The van der Waals surface area contributed by atoms with Gasteiger partial charge in [0.25, 0.3) is 0 Å². The van der Waals surface area contributed by atoms with Crippen LogP contribution in [-0.4, -0.2) is 53.7 Å². The second-order valence-electron chi connectivity index (χ2n) is 4.64. The van der Waals surface area contributed by atoms with Crippen molar-refractivity contribution in [3.8, 4) is 0 Å². The number of aliphatic hydroxyl groups excluding tert-OH is 1. The zero-order chi connectivity index (χ0) is 12.7. The summed E-state index contributed by atoms with van der Waals surface area (Å²) in [5.41, 5.74) is 5.92. The molecule has 1 rings (SSSR count). The lowest BCUT2D eigenvalue weighted by Gasteiger charge is -2.30. The van der Waals surface area contributed by atoms with Crippen LogP contribution in [0.3, 0.4) is 0 Å². The number of aliphatic hydroxyl groups is 1. The highest BCUT2D eigenvalue weighted by molar-refractivity contribution is 14.0. The Balaban J connectivity index is 0.00000289. The highest BCUT2D eigenvalue weighted by atomic mass is 127. The van der Waals surface area contributed by atoms with Gasteiger partial charge in [-0.3, -0.25) is 4.99 Å². The summed E-state index contributed by atoms with van der Waals surface area (Å²) in [7, 11) is 0. The quantitative estimate of drug-likeness (QED) is 0.429. The van der Waals surface area contributed by atoms with Gasteiger partial charge >= 0.3 is 0 Å². The van der Waals surface area contributed by atoms with E-state index < -0.39 is 0 Å². The van der Waals surface area contributed by atoms with Crippen molar-refractivity contribution >= 4 is 41.7 Å². The largest absolute Gasteiger partial charge is 0.396 e. The summed E-state index contributed by atoms with van der Waals surface area (Å²) in [4.78, 5) is 6.63. The monoisotopic (exact) mass is 387 g/mol. The molecule has 1 heterocycles. The maximum absolute atomic E-state index is 9.47. The van der Waals surface area contributed by atoms with Crippen molar-refractivity contribution in [2.45, 2.75) is 26.7 Å². The number of hydrogen-bond donors (Lipinski definition) is 2. The molecule has 1 saturated heterocycles. The number of nitrogens with zero attached hydrogens (tertiary/aromatic N) is 2. The van der Waals surface area contributed by atoms with Gasteiger partial charge in [-0.05, 0) is 12.8 Å². The van der Waals surface area contributed by atoms with E-state index in [-0.39, 0.29) is 36.0 Å². The maximum atomic E-state index is 9.47. The number of hydrogen-bond acceptors (Lipinski definition) is 3. The molecule has 1 aliphatic heterocycles. The molecule has 1 aliphatic rings. The predicted molar refractivity (Wildman–Crippen MR) is 90.9 cm³/mol. The van der Waals surface area contributed by atoms with Gasteiger partial charge in [-0.15, -0.1) is 24.0 Å². The van der Waals surface area contributed by atoms with Gasteiger partial charge in [0.1, 0.15) is 0 Å². The average Bonchev–Trinajstić information content (AvgIpc) is 2.41. The first-order valence-corrected chi connectivity index (χ1v) is 7.56. The molecule has 4 nitrogen and oxygen atoms in total. The van der Waals surface area contributed by atoms with Crippen LogP contribution in [0.15, 0.2) is 4.99 Å². The van der Waals surface area contributed by atoms with Crippen LogP contribution in [0.25, 0.3) is 0 Å². The minimum Gasteiger partial charge on any atom is -0.396 e. The first-order valence-electron chi connectivity index (χ1n) is 6.41. The molecule has 3 N–H and O–H groups in total. The van der Waals surface area contributed by atoms with Crippen molar-refractivity contribution in [1.29, 1.82) is 0 Å². The van der Waals surface area contributed by atoms with Crippen molar-refractivity contribution < 1.29 is 5.11 Å². The van der Waals surface area contributed by atoms with Crippen LogP contribution >= 0.6 is 35.7 Å². The molecular weight excluding hydrogens is 361 g/mol. The van der Waals surface area contributed by atoms with E-state index in [1.54, 1.807) is 0 Å². The lowest BCUT2D eigenvalue weighted by Crippen LogP contribution is -2.43. The number of aliphatic imine (C=N–C) groups is 1. The molecule has 0 aromatic rings. The molecule has 1 fully saturated rings. The number of rotatable bonds is 5. The molecule has 0 unspecified atom stereocenters. The molecule has 0 aromatic carbocycles. The normalized spacial score (nSPS) is 17.5. The van der Waals surface area contributed by atoms with E-state index in [0.29, 0.717) is 12.5 Å². The molecule has 0 radical (unpaired) electrons. The zero-order valence-corrected chi connectivity index (χ0v) is 14.5. The molecule has 6 heteroatoms. The Kier molecular flexibility index (Phi) is 9.41. The van der Waals surface area contributed by atoms with Crippen LogP contribution < -0.4 is 5.73 Å². The summed E-state index contributed by atoms with van der Waals surface area (Å²) in [5, 5.41) is 9.47. The van der Waals surface area contributed by atoms with Gasteiger partial charge in [0, 0.05) is 30.0 Å². The third-order valence-corrected chi connectivity index (χ3v) is 4.69. The van der Waals surface area contributed by atoms with Gasteiger partial charge < -0.3 is 15.7 Å². The van der Waals surface area contributed by atoms with E-state index in [1.165, 1.54) is 0 Å². The SMILES string of the molecule is CCC(CC)(CO)CN=C(N)N1CCSCC1.I. The van der Waals surface area contributed by atoms with Crippen molar-refractivity contribution in [3.05, 3.63) is 0 Å². The Hall–Kier alpha value is 0.310. The van der Waals surface area contributed by atoms with E-state index in [4.69, 9.17) is 5.73 Å². The summed E-state index contributed by atoms with van der Waals surface area (Å²) in [6.07, 6.45) is 1.87. The summed E-state index contributed by atoms with van der Waals surface area (Å²) in [5.74, 6) is 2.90. The van der Waals surface area contributed by atoms with Crippen LogP contribution in [0.2, 0.25) is 0 Å². The first-order chi connectivity index (χ1) is 8.17. The Morgan fingerprint density at radius 1 is 1.33 bits per heavy atom. The molecule has 108 valence electrons. The molecule has 0 atom stereocenters. The van der Waals surface area contributed by atoms with E-state index in [9.17, 15) is 5.11 Å². The minimum atomic E-state index is -0.0881. The first kappa shape index (κ1) is 18.3. The summed E-state index contributed by atoms with van der Waals surface area (Å²) in [6, 6.07) is 0. The van der Waals surface area contributed by atoms with Crippen LogP contribution in [0.5, 0.6) is 0 Å². The fraction of sp³-hybridized carbons (Fsp3) is 0.917. The van der Waals surface area contributed by atoms with E-state index >= 15 is 0 Å². The van der Waals surface area contributed by atoms with Crippen LogP contribution in [0.4, 0.5) is 0 Å². The summed E-state index contributed by atoms with van der Waals surface area (Å²) in [6.45, 7) is 7.00. The van der Waals surface area contributed by atoms with Crippen molar-refractivity contribution in [2.75, 3.05) is 37.7 Å². The molecule has 0 spiro atoms. The fourth-order valence-corrected chi connectivity index (χ4v) is 2.79. The third kappa shape index (κ3) is 5.13. The number of nitrogens with two attached hydrogens (primary N) is 1. The summed E-state index contributed by atoms with van der Waals surface area (Å²) < 4.78 is 0. The molecular formula is C12H26IN3OS. The summed E-state index contributed by atoms with van der Waals surface area (Å²) >= 11 is 1.96. The average molecular weight is 387 g/mol. The highest BCUT2D eigenvalue weighted by Gasteiger charge is 2.25. The van der Waals surface area contributed by atoms with Crippen LogP contribution in [-0.2, 0) is 0 Å². The van der Waals surface area contributed by atoms with Gasteiger partial charge in [0.15, 0.2) is 5.96 Å². The lowest BCUT2D eigenvalue weighted by molar-refractivity contribution is 0.123.